The summed E-state index contributed by atoms with van der Waals surface area (Å²) < 4.78 is 0. The lowest BCUT2D eigenvalue weighted by molar-refractivity contribution is -0.144. The molecule has 19 heavy (non-hydrogen) atoms. The molecule has 4 N–H and O–H groups in total. The van der Waals surface area contributed by atoms with Gasteiger partial charge in [-0.1, -0.05) is 13.3 Å². The summed E-state index contributed by atoms with van der Waals surface area (Å²) in [6.07, 6.45) is 2.17. The Hall–Kier alpha value is -1.79. The van der Waals surface area contributed by atoms with Crippen molar-refractivity contribution in [2.45, 2.75) is 51.1 Å². The van der Waals surface area contributed by atoms with Crippen LogP contribution in [0.4, 0.5) is 4.79 Å². The first-order valence-electron chi connectivity index (χ1n) is 6.43. The average molecular weight is 271 g/mol. The van der Waals surface area contributed by atoms with Gasteiger partial charge in [0.25, 0.3) is 0 Å². The van der Waals surface area contributed by atoms with E-state index in [-0.39, 0.29) is 0 Å². The highest BCUT2D eigenvalue weighted by atomic mass is 16.4. The third-order valence-corrected chi connectivity index (χ3v) is 3.45. The van der Waals surface area contributed by atoms with Crippen LogP contribution in [0.1, 0.15) is 39.5 Å². The second kappa shape index (κ2) is 5.90. The number of carbonyl (C=O) groups excluding carboxylic acids is 2. The summed E-state index contributed by atoms with van der Waals surface area (Å²) in [6, 6.07) is -1.18. The van der Waals surface area contributed by atoms with Gasteiger partial charge >= 0.3 is 12.0 Å². The van der Waals surface area contributed by atoms with Gasteiger partial charge in [-0.3, -0.25) is 4.79 Å². The van der Waals surface area contributed by atoms with Crippen molar-refractivity contribution in [3.8, 4) is 0 Å². The summed E-state index contributed by atoms with van der Waals surface area (Å²) in [5.41, 5.74) is 3.91. The predicted octanol–water partition coefficient (Wildman–Crippen LogP) is 0.289. The van der Waals surface area contributed by atoms with E-state index >= 15 is 0 Å². The molecule has 0 aromatic carbocycles. The van der Waals surface area contributed by atoms with Crippen LogP contribution in [0.3, 0.4) is 0 Å². The number of rotatable bonds is 5. The molecule has 0 spiro atoms. The van der Waals surface area contributed by atoms with E-state index in [1.54, 1.807) is 0 Å². The fraction of sp³-hybridized carbons (Fsp3) is 0.750. The Morgan fingerprint density at radius 3 is 2.58 bits per heavy atom. The van der Waals surface area contributed by atoms with Crippen LogP contribution in [0.5, 0.6) is 0 Å². The molecular formula is C12H21N3O4. The Kier molecular flexibility index (Phi) is 4.74. The lowest BCUT2D eigenvalue weighted by Gasteiger charge is -2.30. The van der Waals surface area contributed by atoms with Crippen LogP contribution in [-0.2, 0) is 9.59 Å². The van der Waals surface area contributed by atoms with E-state index in [1.165, 1.54) is 11.8 Å². The molecule has 0 aliphatic carbocycles. The molecule has 0 bridgehead atoms. The Morgan fingerprint density at radius 1 is 1.47 bits per heavy atom. The first kappa shape index (κ1) is 15.3. The van der Waals surface area contributed by atoms with Crippen molar-refractivity contribution in [1.29, 1.82) is 0 Å². The predicted molar refractivity (Wildman–Crippen MR) is 68.4 cm³/mol. The molecule has 2 atom stereocenters. The quantitative estimate of drug-likeness (QED) is 0.667. The zero-order chi connectivity index (χ0) is 14.6. The van der Waals surface area contributed by atoms with Crippen molar-refractivity contribution >= 4 is 17.9 Å². The number of nitrogens with two attached hydrogens (primary N) is 1. The number of hydrogen-bond acceptors (Lipinski definition) is 3. The summed E-state index contributed by atoms with van der Waals surface area (Å²) >= 11 is 0. The number of hydrogen-bond donors (Lipinski definition) is 3. The van der Waals surface area contributed by atoms with E-state index in [0.29, 0.717) is 32.2 Å². The van der Waals surface area contributed by atoms with Gasteiger partial charge < -0.3 is 21.1 Å². The molecule has 1 saturated heterocycles. The molecule has 0 radical (unpaired) electrons. The van der Waals surface area contributed by atoms with Gasteiger partial charge in [0.1, 0.15) is 11.6 Å². The normalized spacial score (nSPS) is 21.8. The molecule has 1 aliphatic heterocycles. The molecule has 1 aliphatic rings. The number of nitrogens with zero attached hydrogens (tertiary/aromatic N) is 1. The molecule has 7 nitrogen and oxygen atoms in total. The number of nitrogens with one attached hydrogen (secondary N) is 1. The van der Waals surface area contributed by atoms with Gasteiger partial charge in [0.05, 0.1) is 0 Å². The highest BCUT2D eigenvalue weighted by molar-refractivity contribution is 5.90. The van der Waals surface area contributed by atoms with E-state index < -0.39 is 29.5 Å². The van der Waals surface area contributed by atoms with E-state index in [4.69, 9.17) is 5.73 Å². The molecule has 1 fully saturated rings. The summed E-state index contributed by atoms with van der Waals surface area (Å²) in [5, 5.41) is 11.7. The molecule has 0 aromatic rings. The second-order valence-electron chi connectivity index (χ2n) is 5.07. The summed E-state index contributed by atoms with van der Waals surface area (Å²) in [7, 11) is 0. The summed E-state index contributed by atoms with van der Waals surface area (Å²) in [4.78, 5) is 35.9. The summed E-state index contributed by atoms with van der Waals surface area (Å²) in [5.74, 6) is -1.64. The van der Waals surface area contributed by atoms with Crippen LogP contribution in [0.2, 0.25) is 0 Å². The third-order valence-electron chi connectivity index (χ3n) is 3.45. The molecule has 1 heterocycles. The molecule has 2 unspecified atom stereocenters. The van der Waals surface area contributed by atoms with Crippen molar-refractivity contribution < 1.29 is 19.5 Å². The molecule has 0 saturated carbocycles. The standard InChI is InChI=1S/C12H21N3O4/c1-3-6-12(2,10(17)18)14-11(19)15-7-4-5-8(15)9(13)16/h8H,3-7H2,1-2H3,(H2,13,16)(H,14,19)(H,17,18). The number of carboxylic acids is 1. The van der Waals surface area contributed by atoms with E-state index in [1.807, 2.05) is 6.92 Å². The number of urea groups is 1. The van der Waals surface area contributed by atoms with Crippen LogP contribution < -0.4 is 11.1 Å². The van der Waals surface area contributed by atoms with Crippen LogP contribution in [0, 0.1) is 0 Å². The van der Waals surface area contributed by atoms with Crippen molar-refractivity contribution in [3.05, 3.63) is 0 Å². The fourth-order valence-electron chi connectivity index (χ4n) is 2.34. The van der Waals surface area contributed by atoms with E-state index in [9.17, 15) is 19.5 Å². The SMILES string of the molecule is CCCC(C)(NC(=O)N1CCCC1C(N)=O)C(=O)O. The second-order valence-corrected chi connectivity index (χ2v) is 5.07. The van der Waals surface area contributed by atoms with Crippen molar-refractivity contribution in [2.24, 2.45) is 5.73 Å². The Balaban J connectivity index is 2.77. The van der Waals surface area contributed by atoms with Crippen molar-refractivity contribution in [2.75, 3.05) is 6.54 Å². The van der Waals surface area contributed by atoms with Gasteiger partial charge in [-0.2, -0.15) is 0 Å². The van der Waals surface area contributed by atoms with Crippen LogP contribution in [0.25, 0.3) is 0 Å². The smallest absolute Gasteiger partial charge is 0.329 e. The Morgan fingerprint density at radius 2 is 2.11 bits per heavy atom. The summed E-state index contributed by atoms with van der Waals surface area (Å²) in [6.45, 7) is 3.72. The number of carboxylic acid groups (broad SMARTS) is 1. The molecule has 108 valence electrons. The van der Waals surface area contributed by atoms with Crippen molar-refractivity contribution in [3.63, 3.8) is 0 Å². The first-order chi connectivity index (χ1) is 8.81. The van der Waals surface area contributed by atoms with Crippen LogP contribution in [0.15, 0.2) is 0 Å². The maximum Gasteiger partial charge on any atom is 0.329 e. The zero-order valence-corrected chi connectivity index (χ0v) is 11.3. The number of likely N-dealkylation sites (tertiary alicyclic amines) is 1. The van der Waals surface area contributed by atoms with Crippen LogP contribution in [-0.4, -0.2) is 46.0 Å². The van der Waals surface area contributed by atoms with Crippen LogP contribution >= 0.6 is 0 Å². The number of amides is 3. The maximum absolute atomic E-state index is 12.1. The van der Waals surface area contributed by atoms with Gasteiger partial charge in [-0.05, 0) is 26.2 Å². The maximum atomic E-state index is 12.1. The Bertz CT molecular complexity index is 385. The van der Waals surface area contributed by atoms with Gasteiger partial charge in [-0.25, -0.2) is 9.59 Å². The zero-order valence-electron chi connectivity index (χ0n) is 11.3. The Labute approximate surface area is 112 Å². The molecule has 1 rings (SSSR count). The largest absolute Gasteiger partial charge is 0.480 e. The van der Waals surface area contributed by atoms with Gasteiger partial charge in [0.2, 0.25) is 5.91 Å². The highest BCUT2D eigenvalue weighted by Crippen LogP contribution is 2.19. The molecule has 7 heteroatoms. The topological polar surface area (TPSA) is 113 Å². The van der Waals surface area contributed by atoms with Gasteiger partial charge in [-0.15, -0.1) is 0 Å². The van der Waals surface area contributed by atoms with E-state index in [0.717, 1.165) is 0 Å². The molecule has 0 aromatic heterocycles. The lowest BCUT2D eigenvalue weighted by atomic mass is 9.96. The molecular weight excluding hydrogens is 250 g/mol. The monoisotopic (exact) mass is 271 g/mol. The lowest BCUT2D eigenvalue weighted by Crippen LogP contribution is -2.58. The van der Waals surface area contributed by atoms with Gasteiger partial charge in [0.15, 0.2) is 0 Å². The number of carbonyl (C=O) groups is 3. The number of aliphatic carboxylic acids is 1. The van der Waals surface area contributed by atoms with E-state index in [2.05, 4.69) is 5.32 Å². The fourth-order valence-corrected chi connectivity index (χ4v) is 2.34. The average Bonchev–Trinajstić information content (AvgIpc) is 2.77. The minimum atomic E-state index is -1.32. The highest BCUT2D eigenvalue weighted by Gasteiger charge is 2.39. The minimum Gasteiger partial charge on any atom is -0.480 e. The molecule has 3 amide bonds. The number of primary amides is 1. The third kappa shape index (κ3) is 3.36. The van der Waals surface area contributed by atoms with Gasteiger partial charge in [0, 0.05) is 6.54 Å². The first-order valence-corrected chi connectivity index (χ1v) is 6.43. The minimum absolute atomic E-state index is 0.323. The van der Waals surface area contributed by atoms with Crippen molar-refractivity contribution in [1.82, 2.24) is 10.2 Å².